The van der Waals surface area contributed by atoms with Gasteiger partial charge in [-0.05, 0) is 40.6 Å². The van der Waals surface area contributed by atoms with E-state index in [1.54, 1.807) is 6.33 Å². The summed E-state index contributed by atoms with van der Waals surface area (Å²) in [5.74, 6) is 2.62. The van der Waals surface area contributed by atoms with Gasteiger partial charge in [0.05, 0.1) is 0 Å². The third-order valence-corrected chi connectivity index (χ3v) is 3.44. The van der Waals surface area contributed by atoms with Gasteiger partial charge in [0.2, 0.25) is 0 Å². The van der Waals surface area contributed by atoms with E-state index in [4.69, 9.17) is 0 Å². The van der Waals surface area contributed by atoms with Crippen LogP contribution in [0.5, 0.6) is 0 Å². The number of anilines is 1. The fraction of sp³-hybridized carbons (Fsp3) is 0.636. The second-order valence-corrected chi connectivity index (χ2v) is 5.20. The van der Waals surface area contributed by atoms with Crippen LogP contribution in [0.25, 0.3) is 0 Å². The third kappa shape index (κ3) is 3.16. The van der Waals surface area contributed by atoms with Crippen molar-refractivity contribution in [2.45, 2.75) is 26.2 Å². The molecule has 82 valence electrons. The number of rotatable bonds is 3. The zero-order valence-electron chi connectivity index (χ0n) is 8.91. The lowest BCUT2D eigenvalue weighted by molar-refractivity contribution is 0.536. The fourth-order valence-electron chi connectivity index (χ4n) is 2.19. The smallest absolute Gasteiger partial charge is 0.130 e. The summed E-state index contributed by atoms with van der Waals surface area (Å²) in [6.45, 7) is 3.37. The van der Waals surface area contributed by atoms with Crippen molar-refractivity contribution in [3.63, 3.8) is 0 Å². The Morgan fingerprint density at radius 1 is 1.47 bits per heavy atom. The van der Waals surface area contributed by atoms with Crippen LogP contribution in [-0.4, -0.2) is 16.5 Å². The second kappa shape index (κ2) is 4.92. The van der Waals surface area contributed by atoms with Gasteiger partial charge in [-0.15, -0.1) is 0 Å². The highest BCUT2D eigenvalue weighted by atomic mass is 79.9. The molecule has 15 heavy (non-hydrogen) atoms. The molecule has 4 heteroatoms. The normalized spacial score (nSPS) is 25.5. The van der Waals surface area contributed by atoms with Crippen LogP contribution in [0.1, 0.15) is 26.2 Å². The molecule has 1 fully saturated rings. The first-order chi connectivity index (χ1) is 7.24. The number of nitrogens with one attached hydrogen (secondary N) is 1. The maximum Gasteiger partial charge on any atom is 0.130 e. The van der Waals surface area contributed by atoms with Crippen molar-refractivity contribution in [1.82, 2.24) is 9.97 Å². The summed E-state index contributed by atoms with van der Waals surface area (Å²) >= 11 is 3.33. The molecular weight excluding hydrogens is 254 g/mol. The Balaban J connectivity index is 1.83. The van der Waals surface area contributed by atoms with Gasteiger partial charge in [0.1, 0.15) is 16.7 Å². The maximum absolute atomic E-state index is 4.17. The highest BCUT2D eigenvalue weighted by Gasteiger charge is 2.20. The van der Waals surface area contributed by atoms with Crippen molar-refractivity contribution < 1.29 is 0 Å². The molecule has 3 nitrogen and oxygen atoms in total. The highest BCUT2D eigenvalue weighted by Crippen LogP contribution is 2.30. The van der Waals surface area contributed by atoms with Gasteiger partial charge in [-0.3, -0.25) is 0 Å². The van der Waals surface area contributed by atoms with E-state index in [0.717, 1.165) is 28.8 Å². The standard InChI is InChI=1S/C11H16BrN3/c1-8-2-3-9(4-8)6-13-11-5-10(12)14-7-15-11/h5,7-9H,2-4,6H2,1H3,(H,13,14,15). The van der Waals surface area contributed by atoms with Gasteiger partial charge in [0.25, 0.3) is 0 Å². The Hall–Kier alpha value is -0.640. The summed E-state index contributed by atoms with van der Waals surface area (Å²) in [4.78, 5) is 8.16. The molecule has 2 atom stereocenters. The molecule has 1 heterocycles. The number of aromatic nitrogens is 2. The average molecular weight is 270 g/mol. The van der Waals surface area contributed by atoms with E-state index in [-0.39, 0.29) is 0 Å². The van der Waals surface area contributed by atoms with E-state index < -0.39 is 0 Å². The SMILES string of the molecule is CC1CCC(CNc2cc(Br)ncn2)C1. The van der Waals surface area contributed by atoms with Crippen molar-refractivity contribution in [2.75, 3.05) is 11.9 Å². The van der Waals surface area contributed by atoms with E-state index in [0.29, 0.717) is 0 Å². The molecule has 0 aromatic carbocycles. The summed E-state index contributed by atoms with van der Waals surface area (Å²) in [6, 6.07) is 1.92. The molecule has 1 aliphatic rings. The monoisotopic (exact) mass is 269 g/mol. The predicted octanol–water partition coefficient (Wildman–Crippen LogP) is 3.09. The number of hydrogen-bond donors (Lipinski definition) is 1. The Morgan fingerprint density at radius 2 is 2.33 bits per heavy atom. The minimum absolute atomic E-state index is 0.814. The van der Waals surface area contributed by atoms with Crippen LogP contribution in [0, 0.1) is 11.8 Å². The Kier molecular flexibility index (Phi) is 3.57. The van der Waals surface area contributed by atoms with Gasteiger partial charge in [0, 0.05) is 12.6 Å². The maximum atomic E-state index is 4.17. The van der Waals surface area contributed by atoms with E-state index in [9.17, 15) is 0 Å². The molecular formula is C11H16BrN3. The molecule has 0 amide bonds. The van der Waals surface area contributed by atoms with Crippen LogP contribution in [0.15, 0.2) is 17.0 Å². The van der Waals surface area contributed by atoms with Gasteiger partial charge in [-0.2, -0.15) is 0 Å². The van der Waals surface area contributed by atoms with E-state index in [1.165, 1.54) is 19.3 Å². The molecule has 0 saturated heterocycles. The first-order valence-electron chi connectivity index (χ1n) is 5.45. The molecule has 1 aromatic rings. The zero-order valence-corrected chi connectivity index (χ0v) is 10.5. The summed E-state index contributed by atoms with van der Waals surface area (Å²) in [6.07, 6.45) is 5.64. The first kappa shape index (κ1) is 10.9. The van der Waals surface area contributed by atoms with E-state index in [2.05, 4.69) is 38.1 Å². The number of nitrogens with zero attached hydrogens (tertiary/aromatic N) is 2. The Morgan fingerprint density at radius 3 is 3.00 bits per heavy atom. The third-order valence-electron chi connectivity index (χ3n) is 3.01. The lowest BCUT2D eigenvalue weighted by Crippen LogP contribution is -2.12. The topological polar surface area (TPSA) is 37.8 Å². The Labute approximate surface area is 98.8 Å². The van der Waals surface area contributed by atoms with Crippen molar-refractivity contribution in [1.29, 1.82) is 0 Å². The van der Waals surface area contributed by atoms with Crippen LogP contribution in [0.4, 0.5) is 5.82 Å². The van der Waals surface area contributed by atoms with E-state index >= 15 is 0 Å². The average Bonchev–Trinajstić information content (AvgIpc) is 2.62. The van der Waals surface area contributed by atoms with Crippen molar-refractivity contribution in [3.8, 4) is 0 Å². The first-order valence-corrected chi connectivity index (χ1v) is 6.25. The quantitative estimate of drug-likeness (QED) is 0.858. The summed E-state index contributed by atoms with van der Waals surface area (Å²) in [5.41, 5.74) is 0. The Bertz CT molecular complexity index is 329. The van der Waals surface area contributed by atoms with Crippen molar-refractivity contribution in [3.05, 3.63) is 17.0 Å². The van der Waals surface area contributed by atoms with Gasteiger partial charge >= 0.3 is 0 Å². The molecule has 2 unspecified atom stereocenters. The van der Waals surface area contributed by atoms with Crippen LogP contribution in [-0.2, 0) is 0 Å². The lowest BCUT2D eigenvalue weighted by Gasteiger charge is -2.11. The molecule has 0 aliphatic heterocycles. The van der Waals surface area contributed by atoms with Gasteiger partial charge in [-0.25, -0.2) is 9.97 Å². The number of hydrogen-bond acceptors (Lipinski definition) is 3. The molecule has 1 N–H and O–H groups in total. The van der Waals surface area contributed by atoms with Crippen molar-refractivity contribution in [2.24, 2.45) is 11.8 Å². The summed E-state index contributed by atoms with van der Waals surface area (Å²) < 4.78 is 0.833. The summed E-state index contributed by atoms with van der Waals surface area (Å²) in [5, 5.41) is 3.37. The number of halogens is 1. The van der Waals surface area contributed by atoms with Gasteiger partial charge in [0.15, 0.2) is 0 Å². The van der Waals surface area contributed by atoms with Crippen LogP contribution >= 0.6 is 15.9 Å². The summed E-state index contributed by atoms with van der Waals surface area (Å²) in [7, 11) is 0. The lowest BCUT2D eigenvalue weighted by atomic mass is 10.1. The predicted molar refractivity (Wildman–Crippen MR) is 64.7 cm³/mol. The largest absolute Gasteiger partial charge is 0.370 e. The molecule has 1 saturated carbocycles. The molecule has 1 aromatic heterocycles. The molecule has 1 aliphatic carbocycles. The minimum atomic E-state index is 0.814. The molecule has 0 bridgehead atoms. The zero-order chi connectivity index (χ0) is 10.7. The van der Waals surface area contributed by atoms with Gasteiger partial charge < -0.3 is 5.32 Å². The second-order valence-electron chi connectivity index (χ2n) is 4.39. The van der Waals surface area contributed by atoms with Crippen LogP contribution in [0.2, 0.25) is 0 Å². The minimum Gasteiger partial charge on any atom is -0.370 e. The van der Waals surface area contributed by atoms with Crippen LogP contribution in [0.3, 0.4) is 0 Å². The van der Waals surface area contributed by atoms with Gasteiger partial charge in [-0.1, -0.05) is 13.3 Å². The highest BCUT2D eigenvalue weighted by molar-refractivity contribution is 9.10. The molecule has 0 spiro atoms. The fourth-order valence-corrected chi connectivity index (χ4v) is 2.50. The molecule has 0 radical (unpaired) electrons. The molecule has 2 rings (SSSR count). The van der Waals surface area contributed by atoms with E-state index in [1.807, 2.05) is 6.07 Å². The van der Waals surface area contributed by atoms with Crippen molar-refractivity contribution >= 4 is 21.7 Å². The van der Waals surface area contributed by atoms with Crippen LogP contribution < -0.4 is 5.32 Å².